The van der Waals surface area contributed by atoms with Crippen molar-refractivity contribution in [2.75, 3.05) is 0 Å². The summed E-state index contributed by atoms with van der Waals surface area (Å²) in [6.45, 7) is 1.71. The van der Waals surface area contributed by atoms with Crippen LogP contribution in [0, 0.1) is 6.92 Å². The molecule has 0 N–H and O–H groups in total. The minimum absolute atomic E-state index is 0.0382. The van der Waals surface area contributed by atoms with Crippen molar-refractivity contribution < 1.29 is 9.53 Å². The van der Waals surface area contributed by atoms with Gasteiger partial charge in [-0.25, -0.2) is 14.8 Å². The van der Waals surface area contributed by atoms with Crippen LogP contribution in [0.15, 0.2) is 46.6 Å². The lowest BCUT2D eigenvalue weighted by Crippen LogP contribution is -2.14. The Labute approximate surface area is 155 Å². The summed E-state index contributed by atoms with van der Waals surface area (Å²) in [5, 5.41) is 7.05. The molecule has 7 nitrogen and oxygen atoms in total. The average Bonchev–Trinajstić information content (AvgIpc) is 3.27. The second-order valence-corrected chi connectivity index (χ2v) is 7.30. The van der Waals surface area contributed by atoms with Crippen LogP contribution in [0.1, 0.15) is 21.2 Å². The Balaban J connectivity index is 1.48. The molecule has 0 aliphatic heterocycles. The van der Waals surface area contributed by atoms with Gasteiger partial charge in [0.15, 0.2) is 10.7 Å². The van der Waals surface area contributed by atoms with Gasteiger partial charge in [-0.05, 0) is 6.92 Å². The van der Waals surface area contributed by atoms with E-state index in [1.165, 1.54) is 33.3 Å². The van der Waals surface area contributed by atoms with E-state index in [1.807, 2.05) is 30.3 Å². The summed E-state index contributed by atoms with van der Waals surface area (Å²) >= 11 is 2.59. The van der Waals surface area contributed by atoms with Crippen LogP contribution in [0.4, 0.5) is 0 Å². The standard InChI is InChI=1S/C17H12N4O3S2/c1-10-7-14(22)21-17(18-10)26-13(20-21)8-24-16(23)12-9-25-15(19-12)11-5-3-2-4-6-11/h2-7,9H,8H2,1H3. The van der Waals surface area contributed by atoms with Crippen molar-refractivity contribution in [3.05, 3.63) is 68.5 Å². The van der Waals surface area contributed by atoms with Crippen LogP contribution in [0.3, 0.4) is 0 Å². The minimum atomic E-state index is -0.529. The van der Waals surface area contributed by atoms with Crippen molar-refractivity contribution in [2.45, 2.75) is 13.5 Å². The predicted molar refractivity (Wildman–Crippen MR) is 98.5 cm³/mol. The van der Waals surface area contributed by atoms with E-state index in [9.17, 15) is 9.59 Å². The SMILES string of the molecule is Cc1cc(=O)n2nc(COC(=O)c3csc(-c4ccccc4)n3)sc2n1. The number of fused-ring (bicyclic) bond motifs is 1. The van der Waals surface area contributed by atoms with Crippen molar-refractivity contribution in [1.82, 2.24) is 19.6 Å². The summed E-state index contributed by atoms with van der Waals surface area (Å²) in [5.74, 6) is -0.529. The summed E-state index contributed by atoms with van der Waals surface area (Å²) in [5.41, 5.74) is 1.57. The van der Waals surface area contributed by atoms with E-state index in [2.05, 4.69) is 15.1 Å². The van der Waals surface area contributed by atoms with Crippen molar-refractivity contribution in [3.8, 4) is 10.6 Å². The highest BCUT2D eigenvalue weighted by molar-refractivity contribution is 7.16. The molecule has 0 fully saturated rings. The van der Waals surface area contributed by atoms with Crippen molar-refractivity contribution in [3.63, 3.8) is 0 Å². The first-order chi connectivity index (χ1) is 12.6. The van der Waals surface area contributed by atoms with Crippen molar-refractivity contribution in [1.29, 1.82) is 0 Å². The molecule has 3 heterocycles. The number of carbonyl (C=O) groups is 1. The van der Waals surface area contributed by atoms with Crippen LogP contribution in [0.2, 0.25) is 0 Å². The minimum Gasteiger partial charge on any atom is -0.453 e. The van der Waals surface area contributed by atoms with Gasteiger partial charge in [-0.3, -0.25) is 4.79 Å². The molecule has 0 saturated carbocycles. The Kier molecular flexibility index (Phi) is 4.31. The smallest absolute Gasteiger partial charge is 0.358 e. The number of nitrogens with zero attached hydrogens (tertiary/aromatic N) is 4. The number of hydrogen-bond acceptors (Lipinski definition) is 8. The Bertz CT molecular complexity index is 1150. The third-order valence-electron chi connectivity index (χ3n) is 3.48. The molecular formula is C17H12N4O3S2. The molecule has 4 rings (SSSR count). The summed E-state index contributed by atoms with van der Waals surface area (Å²) in [7, 11) is 0. The average molecular weight is 384 g/mol. The normalized spacial score (nSPS) is 11.0. The second-order valence-electron chi connectivity index (χ2n) is 5.41. The number of aryl methyl sites for hydroxylation is 1. The molecule has 0 spiro atoms. The number of ether oxygens (including phenoxy) is 1. The van der Waals surface area contributed by atoms with Gasteiger partial charge < -0.3 is 4.74 Å². The van der Waals surface area contributed by atoms with Gasteiger partial charge in [0.05, 0.1) is 0 Å². The second kappa shape index (κ2) is 6.77. The van der Waals surface area contributed by atoms with Gasteiger partial charge in [-0.2, -0.15) is 9.61 Å². The molecule has 0 radical (unpaired) electrons. The molecular weight excluding hydrogens is 372 g/mol. The zero-order valence-electron chi connectivity index (χ0n) is 13.6. The highest BCUT2D eigenvalue weighted by Crippen LogP contribution is 2.23. The molecule has 0 aliphatic rings. The van der Waals surface area contributed by atoms with E-state index in [-0.39, 0.29) is 17.9 Å². The van der Waals surface area contributed by atoms with Crippen molar-refractivity contribution >= 4 is 33.6 Å². The summed E-state index contributed by atoms with van der Waals surface area (Å²) < 4.78 is 6.48. The Morgan fingerprint density at radius 2 is 2.04 bits per heavy atom. The Morgan fingerprint density at radius 1 is 1.23 bits per heavy atom. The summed E-state index contributed by atoms with van der Waals surface area (Å²) in [4.78, 5) is 33.1. The molecule has 0 amide bonds. The fourth-order valence-corrected chi connectivity index (χ4v) is 3.95. The van der Waals surface area contributed by atoms with Crippen LogP contribution in [-0.2, 0) is 11.3 Å². The van der Waals surface area contributed by atoms with Gasteiger partial charge >= 0.3 is 5.97 Å². The first-order valence-electron chi connectivity index (χ1n) is 7.64. The lowest BCUT2D eigenvalue weighted by Gasteiger charge is -1.99. The van der Waals surface area contributed by atoms with Gasteiger partial charge in [-0.15, -0.1) is 11.3 Å². The van der Waals surface area contributed by atoms with Crippen LogP contribution in [0.5, 0.6) is 0 Å². The molecule has 0 bridgehead atoms. The van der Waals surface area contributed by atoms with Gasteiger partial charge in [0, 0.05) is 22.7 Å². The maximum atomic E-state index is 12.2. The number of carbonyl (C=O) groups excluding carboxylic acids is 1. The number of esters is 1. The Morgan fingerprint density at radius 3 is 2.85 bits per heavy atom. The molecule has 0 unspecified atom stereocenters. The first-order valence-corrected chi connectivity index (χ1v) is 9.34. The van der Waals surface area contributed by atoms with E-state index >= 15 is 0 Å². The zero-order valence-corrected chi connectivity index (χ0v) is 15.2. The molecule has 0 atom stereocenters. The largest absolute Gasteiger partial charge is 0.453 e. The molecule has 9 heteroatoms. The molecule has 4 aromatic rings. The summed E-state index contributed by atoms with van der Waals surface area (Å²) in [6.07, 6.45) is 0. The fraction of sp³-hybridized carbons (Fsp3) is 0.118. The Hall–Kier alpha value is -2.91. The fourth-order valence-electron chi connectivity index (χ4n) is 2.30. The van der Waals surface area contributed by atoms with E-state index in [0.29, 0.717) is 15.7 Å². The van der Waals surface area contributed by atoms with Crippen LogP contribution in [-0.4, -0.2) is 25.6 Å². The number of aromatic nitrogens is 4. The van der Waals surface area contributed by atoms with Crippen molar-refractivity contribution in [2.24, 2.45) is 0 Å². The third kappa shape index (κ3) is 3.26. The van der Waals surface area contributed by atoms with Gasteiger partial charge in [-0.1, -0.05) is 41.7 Å². The highest BCUT2D eigenvalue weighted by Gasteiger charge is 2.15. The molecule has 1 aromatic carbocycles. The van der Waals surface area contributed by atoms with E-state index < -0.39 is 5.97 Å². The van der Waals surface area contributed by atoms with E-state index in [0.717, 1.165) is 10.6 Å². The number of hydrogen-bond donors (Lipinski definition) is 0. The number of benzene rings is 1. The van der Waals surface area contributed by atoms with Gasteiger partial charge in [0.2, 0.25) is 4.96 Å². The van der Waals surface area contributed by atoms with Gasteiger partial charge in [0.25, 0.3) is 5.56 Å². The number of thiazole rings is 1. The molecule has 3 aromatic heterocycles. The molecule has 130 valence electrons. The maximum Gasteiger partial charge on any atom is 0.358 e. The lowest BCUT2D eigenvalue weighted by atomic mass is 10.2. The van der Waals surface area contributed by atoms with Crippen LogP contribution in [0.25, 0.3) is 15.5 Å². The number of rotatable bonds is 4. The highest BCUT2D eigenvalue weighted by atomic mass is 32.1. The zero-order chi connectivity index (χ0) is 18.1. The molecule has 0 saturated heterocycles. The van der Waals surface area contributed by atoms with E-state index in [4.69, 9.17) is 4.74 Å². The predicted octanol–water partition coefficient (Wildman–Crippen LogP) is 2.94. The topological polar surface area (TPSA) is 86.5 Å². The third-order valence-corrected chi connectivity index (χ3v) is 5.25. The van der Waals surface area contributed by atoms with Gasteiger partial charge in [0.1, 0.15) is 11.6 Å². The molecule has 26 heavy (non-hydrogen) atoms. The first kappa shape index (κ1) is 16.6. The van der Waals surface area contributed by atoms with Crippen LogP contribution < -0.4 is 5.56 Å². The quantitative estimate of drug-likeness (QED) is 0.503. The molecule has 0 aliphatic carbocycles. The lowest BCUT2D eigenvalue weighted by molar-refractivity contribution is 0.0465. The maximum absolute atomic E-state index is 12.2. The van der Waals surface area contributed by atoms with E-state index in [1.54, 1.807) is 12.3 Å². The summed E-state index contributed by atoms with van der Waals surface area (Å²) in [6, 6.07) is 11.0. The monoisotopic (exact) mass is 384 g/mol. The van der Waals surface area contributed by atoms with Crippen LogP contribution >= 0.6 is 22.7 Å².